The first-order valence-electron chi connectivity index (χ1n) is 8.66. The quantitative estimate of drug-likeness (QED) is 0.838. The molecule has 2 saturated heterocycles. The Hall–Kier alpha value is -0.980. The van der Waals surface area contributed by atoms with Crippen molar-refractivity contribution in [3.8, 4) is 0 Å². The normalized spacial score (nSPS) is 26.2. The van der Waals surface area contributed by atoms with Crippen molar-refractivity contribution in [3.05, 3.63) is 11.7 Å². The van der Waals surface area contributed by atoms with Gasteiger partial charge >= 0.3 is 0 Å². The second-order valence-corrected chi connectivity index (χ2v) is 6.79. The first-order chi connectivity index (χ1) is 10.7. The molecule has 124 valence electrons. The smallest absolute Gasteiger partial charge is 0.243 e. The molecule has 0 unspecified atom stereocenters. The van der Waals surface area contributed by atoms with Crippen LogP contribution in [0.4, 0.5) is 0 Å². The predicted molar refractivity (Wildman–Crippen MR) is 85.8 cm³/mol. The summed E-state index contributed by atoms with van der Waals surface area (Å²) >= 11 is 0. The molecule has 0 bridgehead atoms. The molecule has 3 heterocycles. The van der Waals surface area contributed by atoms with Gasteiger partial charge in [-0.05, 0) is 33.5 Å². The van der Waals surface area contributed by atoms with Crippen LogP contribution in [0.25, 0.3) is 0 Å². The summed E-state index contributed by atoms with van der Waals surface area (Å²) in [6, 6.07) is 0.312. The number of hydrogen-bond donors (Lipinski definition) is 0. The van der Waals surface area contributed by atoms with Crippen LogP contribution >= 0.6 is 0 Å². The van der Waals surface area contributed by atoms with Crippen LogP contribution in [-0.4, -0.2) is 78.2 Å². The lowest BCUT2D eigenvalue weighted by molar-refractivity contribution is 0.154. The monoisotopic (exact) mass is 307 g/mol. The summed E-state index contributed by atoms with van der Waals surface area (Å²) in [5.74, 6) is 1.68. The van der Waals surface area contributed by atoms with Gasteiger partial charge in [-0.15, -0.1) is 0 Å². The fraction of sp³-hybridized carbons (Fsp3) is 0.875. The van der Waals surface area contributed by atoms with Gasteiger partial charge in [-0.25, -0.2) is 0 Å². The van der Waals surface area contributed by atoms with Gasteiger partial charge in [0.15, 0.2) is 5.82 Å². The van der Waals surface area contributed by atoms with Gasteiger partial charge in [0.2, 0.25) is 5.89 Å². The number of hydrogen-bond acceptors (Lipinski definition) is 6. The van der Waals surface area contributed by atoms with Crippen LogP contribution in [0.15, 0.2) is 4.52 Å². The summed E-state index contributed by atoms with van der Waals surface area (Å²) in [4.78, 5) is 11.9. The van der Waals surface area contributed by atoms with E-state index in [0.717, 1.165) is 63.8 Å². The van der Waals surface area contributed by atoms with E-state index in [0.29, 0.717) is 6.04 Å². The molecule has 6 heteroatoms. The van der Waals surface area contributed by atoms with E-state index >= 15 is 0 Å². The first-order valence-corrected chi connectivity index (χ1v) is 8.66. The standard InChI is InChI=1S/C16H29N5O/c1-19-10-12-21(13-11-19)9-7-15-17-16(22-18-15)14-6-4-3-5-8-20(14)2/h14H,3-13H2,1-2H3/t14-/m1/s1. The van der Waals surface area contributed by atoms with Crippen molar-refractivity contribution >= 4 is 0 Å². The molecule has 2 fully saturated rings. The number of piperazine rings is 1. The maximum Gasteiger partial charge on any atom is 0.243 e. The second kappa shape index (κ2) is 7.53. The third-order valence-corrected chi connectivity index (χ3v) is 5.04. The molecule has 0 aliphatic carbocycles. The van der Waals surface area contributed by atoms with E-state index < -0.39 is 0 Å². The van der Waals surface area contributed by atoms with Crippen LogP contribution in [0, 0.1) is 0 Å². The highest BCUT2D eigenvalue weighted by molar-refractivity contribution is 4.95. The molecule has 0 aromatic carbocycles. The third-order valence-electron chi connectivity index (χ3n) is 5.04. The van der Waals surface area contributed by atoms with Gasteiger partial charge in [-0.2, -0.15) is 4.98 Å². The van der Waals surface area contributed by atoms with Crippen LogP contribution in [-0.2, 0) is 6.42 Å². The number of nitrogens with zero attached hydrogens (tertiary/aromatic N) is 5. The first kappa shape index (κ1) is 15.9. The Bertz CT molecular complexity index is 455. The molecular weight excluding hydrogens is 278 g/mol. The minimum Gasteiger partial charge on any atom is -0.338 e. The van der Waals surface area contributed by atoms with E-state index in [1.54, 1.807) is 0 Å². The third kappa shape index (κ3) is 4.06. The van der Waals surface area contributed by atoms with E-state index in [1.807, 2.05) is 0 Å². The van der Waals surface area contributed by atoms with Crippen molar-refractivity contribution in [3.63, 3.8) is 0 Å². The Kier molecular flexibility index (Phi) is 5.44. The summed E-state index contributed by atoms with van der Waals surface area (Å²) in [7, 11) is 4.36. The number of likely N-dealkylation sites (tertiary alicyclic amines) is 1. The van der Waals surface area contributed by atoms with E-state index in [1.165, 1.54) is 19.3 Å². The van der Waals surface area contributed by atoms with Gasteiger partial charge < -0.3 is 14.3 Å². The van der Waals surface area contributed by atoms with Crippen molar-refractivity contribution in [1.82, 2.24) is 24.8 Å². The SMILES string of the molecule is CN1CCN(CCc2noc([C@H]3CCCCCN3C)n2)CC1. The second-order valence-electron chi connectivity index (χ2n) is 6.79. The highest BCUT2D eigenvalue weighted by atomic mass is 16.5. The summed E-state index contributed by atoms with van der Waals surface area (Å²) in [6.07, 6.45) is 5.87. The van der Waals surface area contributed by atoms with E-state index in [4.69, 9.17) is 4.52 Å². The van der Waals surface area contributed by atoms with Gasteiger partial charge in [-0.3, -0.25) is 4.90 Å². The summed E-state index contributed by atoms with van der Waals surface area (Å²) in [6.45, 7) is 6.77. The molecule has 3 rings (SSSR count). The molecule has 0 saturated carbocycles. The number of aromatic nitrogens is 2. The van der Waals surface area contributed by atoms with Crippen LogP contribution in [0.5, 0.6) is 0 Å². The van der Waals surface area contributed by atoms with Crippen molar-refractivity contribution in [2.24, 2.45) is 0 Å². The van der Waals surface area contributed by atoms with Crippen LogP contribution in [0.3, 0.4) is 0 Å². The van der Waals surface area contributed by atoms with Gasteiger partial charge in [0.25, 0.3) is 0 Å². The lowest BCUT2D eigenvalue weighted by Gasteiger charge is -2.31. The predicted octanol–water partition coefficient (Wildman–Crippen LogP) is 1.41. The molecule has 1 aromatic heterocycles. The van der Waals surface area contributed by atoms with Gasteiger partial charge in [0, 0.05) is 39.1 Å². The fourth-order valence-electron chi connectivity index (χ4n) is 3.40. The molecule has 1 aromatic rings. The molecule has 22 heavy (non-hydrogen) atoms. The van der Waals surface area contributed by atoms with Crippen LogP contribution in [0.1, 0.15) is 43.4 Å². The molecule has 0 radical (unpaired) electrons. The maximum absolute atomic E-state index is 5.56. The lowest BCUT2D eigenvalue weighted by Crippen LogP contribution is -2.45. The summed E-state index contributed by atoms with van der Waals surface area (Å²) < 4.78 is 5.56. The van der Waals surface area contributed by atoms with Crippen LogP contribution < -0.4 is 0 Å². The topological polar surface area (TPSA) is 48.6 Å². The van der Waals surface area contributed by atoms with Crippen molar-refractivity contribution in [2.45, 2.75) is 38.1 Å². The van der Waals surface area contributed by atoms with E-state index in [9.17, 15) is 0 Å². The van der Waals surface area contributed by atoms with Gasteiger partial charge in [-0.1, -0.05) is 18.0 Å². The Morgan fingerprint density at radius 1 is 1.05 bits per heavy atom. The fourth-order valence-corrected chi connectivity index (χ4v) is 3.40. The van der Waals surface area contributed by atoms with E-state index in [2.05, 4.69) is 38.9 Å². The summed E-state index contributed by atoms with van der Waals surface area (Å²) in [5.41, 5.74) is 0. The Balaban J connectivity index is 1.52. The molecule has 0 spiro atoms. The minimum absolute atomic E-state index is 0.312. The minimum atomic E-state index is 0.312. The van der Waals surface area contributed by atoms with E-state index in [-0.39, 0.29) is 0 Å². The van der Waals surface area contributed by atoms with Gasteiger partial charge in [0.05, 0.1) is 6.04 Å². The number of rotatable bonds is 4. The zero-order chi connectivity index (χ0) is 15.4. The maximum atomic E-state index is 5.56. The highest BCUT2D eigenvalue weighted by Crippen LogP contribution is 2.27. The molecule has 1 atom stereocenters. The Morgan fingerprint density at radius 3 is 2.68 bits per heavy atom. The Labute approximate surface area is 133 Å². The molecule has 0 N–H and O–H groups in total. The largest absolute Gasteiger partial charge is 0.338 e. The van der Waals surface area contributed by atoms with Crippen molar-refractivity contribution < 1.29 is 4.52 Å². The molecule has 2 aliphatic rings. The van der Waals surface area contributed by atoms with Gasteiger partial charge in [0.1, 0.15) is 0 Å². The zero-order valence-electron chi connectivity index (χ0n) is 14.0. The zero-order valence-corrected chi connectivity index (χ0v) is 14.0. The van der Waals surface area contributed by atoms with Crippen molar-refractivity contribution in [2.75, 3.05) is 53.4 Å². The lowest BCUT2D eigenvalue weighted by atomic mass is 10.1. The average molecular weight is 307 g/mol. The van der Waals surface area contributed by atoms with Crippen molar-refractivity contribution in [1.29, 1.82) is 0 Å². The Morgan fingerprint density at radius 2 is 1.86 bits per heavy atom. The summed E-state index contributed by atoms with van der Waals surface area (Å²) in [5, 5.41) is 4.21. The highest BCUT2D eigenvalue weighted by Gasteiger charge is 2.25. The molecular formula is C16H29N5O. The van der Waals surface area contributed by atoms with Crippen LogP contribution in [0.2, 0.25) is 0 Å². The average Bonchev–Trinajstić information content (AvgIpc) is 2.88. The number of likely N-dealkylation sites (N-methyl/N-ethyl adjacent to an activating group) is 1. The molecule has 6 nitrogen and oxygen atoms in total. The molecule has 2 aliphatic heterocycles. The molecule has 0 amide bonds.